The minimum absolute atomic E-state index is 0.850. The van der Waals surface area contributed by atoms with Crippen LogP contribution in [0.3, 0.4) is 0 Å². The highest BCUT2D eigenvalue weighted by atomic mass is 14.4. The van der Waals surface area contributed by atoms with E-state index in [-0.39, 0.29) is 0 Å². The van der Waals surface area contributed by atoms with E-state index in [9.17, 15) is 0 Å². The molecular formula is C25H38. The molecule has 0 spiro atoms. The van der Waals surface area contributed by atoms with E-state index in [1.165, 1.54) is 83.5 Å². The van der Waals surface area contributed by atoms with Gasteiger partial charge in [0.15, 0.2) is 0 Å². The van der Waals surface area contributed by atoms with Crippen molar-refractivity contribution in [2.75, 3.05) is 0 Å². The van der Waals surface area contributed by atoms with Gasteiger partial charge in [0.05, 0.1) is 0 Å². The lowest BCUT2D eigenvalue weighted by Crippen LogP contribution is -2.25. The molecule has 0 heterocycles. The lowest BCUT2D eigenvalue weighted by Gasteiger charge is -2.38. The molecule has 3 aliphatic rings. The Morgan fingerprint density at radius 2 is 1.12 bits per heavy atom. The second kappa shape index (κ2) is 8.28. The van der Waals surface area contributed by atoms with E-state index in [1.54, 1.807) is 11.1 Å². The molecule has 0 aromatic heterocycles. The van der Waals surface area contributed by atoms with Gasteiger partial charge in [0.25, 0.3) is 0 Å². The van der Waals surface area contributed by atoms with Crippen LogP contribution in [0.4, 0.5) is 0 Å². The van der Waals surface area contributed by atoms with Gasteiger partial charge in [-0.05, 0) is 92.1 Å². The Kier molecular flexibility index (Phi) is 5.83. The summed E-state index contributed by atoms with van der Waals surface area (Å²) in [5.74, 6) is 4.91. The van der Waals surface area contributed by atoms with E-state index < -0.39 is 0 Å². The van der Waals surface area contributed by atoms with Crippen molar-refractivity contribution >= 4 is 0 Å². The number of benzene rings is 1. The molecular weight excluding hydrogens is 300 g/mol. The highest BCUT2D eigenvalue weighted by Gasteiger charge is 2.31. The summed E-state index contributed by atoms with van der Waals surface area (Å²) in [4.78, 5) is 0. The van der Waals surface area contributed by atoms with Crippen LogP contribution in [0.5, 0.6) is 0 Å². The Hall–Kier alpha value is -0.780. The molecule has 0 heteroatoms. The van der Waals surface area contributed by atoms with E-state index in [0.717, 1.165) is 29.6 Å². The van der Waals surface area contributed by atoms with E-state index in [2.05, 4.69) is 31.2 Å². The molecule has 0 amide bonds. The predicted molar refractivity (Wildman–Crippen MR) is 108 cm³/mol. The maximum Gasteiger partial charge on any atom is -0.0162 e. The van der Waals surface area contributed by atoms with E-state index in [4.69, 9.17) is 0 Å². The minimum Gasteiger partial charge on any atom is -0.0654 e. The van der Waals surface area contributed by atoms with Crippen molar-refractivity contribution in [2.24, 2.45) is 17.8 Å². The fourth-order valence-corrected chi connectivity index (χ4v) is 6.06. The fraction of sp³-hybridized carbons (Fsp3) is 0.760. The first-order chi connectivity index (χ1) is 12.3. The summed E-state index contributed by atoms with van der Waals surface area (Å²) in [5, 5.41) is 0. The summed E-state index contributed by atoms with van der Waals surface area (Å²) in [7, 11) is 0. The first-order valence-electron chi connectivity index (χ1n) is 11.4. The van der Waals surface area contributed by atoms with Crippen LogP contribution in [0.25, 0.3) is 0 Å². The molecule has 25 heavy (non-hydrogen) atoms. The molecule has 0 bridgehead atoms. The summed E-state index contributed by atoms with van der Waals surface area (Å²) in [6, 6.07) is 9.82. The van der Waals surface area contributed by atoms with Crippen molar-refractivity contribution in [3.8, 4) is 0 Å². The third kappa shape index (κ3) is 4.15. The number of hydrogen-bond donors (Lipinski definition) is 0. The summed E-state index contributed by atoms with van der Waals surface area (Å²) in [6.07, 6.45) is 19.2. The van der Waals surface area contributed by atoms with E-state index >= 15 is 0 Å². The monoisotopic (exact) mass is 338 g/mol. The summed E-state index contributed by atoms with van der Waals surface area (Å²) in [5.41, 5.74) is 3.24. The van der Waals surface area contributed by atoms with Gasteiger partial charge < -0.3 is 0 Å². The van der Waals surface area contributed by atoms with Crippen LogP contribution in [-0.2, 0) is 0 Å². The van der Waals surface area contributed by atoms with Crippen LogP contribution in [0.15, 0.2) is 24.3 Å². The minimum atomic E-state index is 0.850. The quantitative estimate of drug-likeness (QED) is 0.513. The van der Waals surface area contributed by atoms with Gasteiger partial charge in [0, 0.05) is 0 Å². The summed E-state index contributed by atoms with van der Waals surface area (Å²) >= 11 is 0. The van der Waals surface area contributed by atoms with E-state index in [1.807, 2.05) is 0 Å². The van der Waals surface area contributed by atoms with Crippen LogP contribution >= 0.6 is 0 Å². The third-order valence-corrected chi connectivity index (χ3v) is 8.01. The molecule has 0 N–H and O–H groups in total. The second-order valence-corrected chi connectivity index (χ2v) is 9.48. The smallest absolute Gasteiger partial charge is 0.0162 e. The fourth-order valence-electron chi connectivity index (χ4n) is 6.06. The third-order valence-electron chi connectivity index (χ3n) is 8.01. The van der Waals surface area contributed by atoms with Gasteiger partial charge in [-0.15, -0.1) is 0 Å². The molecule has 3 aliphatic carbocycles. The molecule has 0 aliphatic heterocycles. The van der Waals surface area contributed by atoms with Crippen LogP contribution in [0.2, 0.25) is 0 Å². The molecule has 0 unspecified atom stereocenters. The maximum absolute atomic E-state index is 2.47. The van der Waals surface area contributed by atoms with Crippen LogP contribution in [0.1, 0.15) is 113 Å². The standard InChI is InChI=1S/C25H38/c1-2-4-19-7-9-21(10-8-19)23-15-17-25(18-16-23)24-13-11-22(12-14-24)20-5-3-6-20/h11-14,19-21,23,25H,2-10,15-18H2,1H3. The molecule has 0 saturated heterocycles. The Labute approximate surface area is 155 Å². The lowest BCUT2D eigenvalue weighted by molar-refractivity contribution is 0.156. The van der Waals surface area contributed by atoms with Gasteiger partial charge >= 0.3 is 0 Å². The van der Waals surface area contributed by atoms with Gasteiger partial charge in [-0.25, -0.2) is 0 Å². The lowest BCUT2D eigenvalue weighted by atomic mass is 9.68. The largest absolute Gasteiger partial charge is 0.0654 e. The van der Waals surface area contributed by atoms with Crippen molar-refractivity contribution < 1.29 is 0 Å². The first kappa shape index (κ1) is 17.6. The zero-order chi connectivity index (χ0) is 17.1. The Morgan fingerprint density at radius 3 is 1.56 bits per heavy atom. The molecule has 4 rings (SSSR count). The van der Waals surface area contributed by atoms with Gasteiger partial charge in [0.1, 0.15) is 0 Å². The molecule has 1 aromatic carbocycles. The summed E-state index contributed by atoms with van der Waals surface area (Å²) in [6.45, 7) is 2.35. The van der Waals surface area contributed by atoms with Crippen LogP contribution < -0.4 is 0 Å². The second-order valence-electron chi connectivity index (χ2n) is 9.48. The van der Waals surface area contributed by atoms with Crippen molar-refractivity contribution in [1.29, 1.82) is 0 Å². The molecule has 3 saturated carbocycles. The Balaban J connectivity index is 1.25. The van der Waals surface area contributed by atoms with Gasteiger partial charge in [0.2, 0.25) is 0 Å². The highest BCUT2D eigenvalue weighted by Crippen LogP contribution is 2.45. The van der Waals surface area contributed by atoms with Crippen molar-refractivity contribution in [2.45, 2.75) is 102 Å². The average molecular weight is 339 g/mol. The Bertz CT molecular complexity index is 507. The van der Waals surface area contributed by atoms with Gasteiger partial charge in [-0.2, -0.15) is 0 Å². The van der Waals surface area contributed by atoms with Crippen molar-refractivity contribution in [3.05, 3.63) is 35.4 Å². The van der Waals surface area contributed by atoms with E-state index in [0.29, 0.717) is 0 Å². The zero-order valence-electron chi connectivity index (χ0n) is 16.4. The van der Waals surface area contributed by atoms with Crippen molar-refractivity contribution in [1.82, 2.24) is 0 Å². The number of rotatable bonds is 5. The highest BCUT2D eigenvalue weighted by molar-refractivity contribution is 5.29. The van der Waals surface area contributed by atoms with Gasteiger partial charge in [-0.3, -0.25) is 0 Å². The molecule has 1 aromatic rings. The topological polar surface area (TPSA) is 0 Å². The molecule has 3 fully saturated rings. The molecule has 0 radical (unpaired) electrons. The van der Waals surface area contributed by atoms with Crippen LogP contribution in [-0.4, -0.2) is 0 Å². The predicted octanol–water partition coefficient (Wildman–Crippen LogP) is 7.83. The maximum atomic E-state index is 2.47. The Morgan fingerprint density at radius 1 is 0.640 bits per heavy atom. The van der Waals surface area contributed by atoms with Gasteiger partial charge in [-0.1, -0.05) is 63.3 Å². The molecule has 138 valence electrons. The average Bonchev–Trinajstić information content (AvgIpc) is 2.62. The SMILES string of the molecule is CCCC1CCC(C2CCC(c3ccc(C4CCC4)cc3)CC2)CC1. The number of hydrogen-bond acceptors (Lipinski definition) is 0. The van der Waals surface area contributed by atoms with Crippen molar-refractivity contribution in [3.63, 3.8) is 0 Å². The van der Waals surface area contributed by atoms with Crippen LogP contribution in [0, 0.1) is 17.8 Å². The normalized spacial score (nSPS) is 33.8. The zero-order valence-corrected chi connectivity index (χ0v) is 16.4. The first-order valence-corrected chi connectivity index (χ1v) is 11.4. The molecule has 0 nitrogen and oxygen atoms in total. The summed E-state index contributed by atoms with van der Waals surface area (Å²) < 4.78 is 0. The molecule has 0 atom stereocenters.